The Labute approximate surface area is 277 Å². The smallest absolute Gasteiger partial charge is 0.179 e. The molecule has 0 radical (unpaired) electrons. The molecule has 5 aromatic rings. The number of fused-ring (bicyclic) bond motifs is 1. The van der Waals surface area contributed by atoms with Gasteiger partial charge in [-0.05, 0) is 35.9 Å². The van der Waals surface area contributed by atoms with Gasteiger partial charge in [0.25, 0.3) is 0 Å². The number of ether oxygens (including phenoxy) is 3. The maximum Gasteiger partial charge on any atom is 0.179 e. The highest BCUT2D eigenvalue weighted by Gasteiger charge is 2.22. The first-order valence-electron chi connectivity index (χ1n) is 15.3. The standard InChI is InChI=1S/C32H37ClF2N8O3Si/c1-44-26-16-36-31(27-22(34)7-6-21(33)28(27)35)40-30(26)39-25-18-43(19-46-13-14-47(2,3)4)41-29(25)32-37-23-8-5-20(15-24(23)38-32)17-42-9-11-45-12-10-42/h5-8,15-16,18H,9-14,17,19H2,1-4H3,(H,37,38)(H,36,39,40). The van der Waals surface area contributed by atoms with Crippen LogP contribution in [-0.2, 0) is 22.7 Å². The van der Waals surface area contributed by atoms with Crippen LogP contribution >= 0.6 is 11.6 Å². The van der Waals surface area contributed by atoms with Gasteiger partial charge >= 0.3 is 0 Å². The molecular formula is C32H37ClF2N8O3Si. The molecule has 6 rings (SSSR count). The van der Waals surface area contributed by atoms with E-state index in [4.69, 9.17) is 35.9 Å². The van der Waals surface area contributed by atoms with Crippen LogP contribution in [0.1, 0.15) is 5.56 Å². The van der Waals surface area contributed by atoms with E-state index in [1.165, 1.54) is 13.3 Å². The Balaban J connectivity index is 1.34. The van der Waals surface area contributed by atoms with Crippen LogP contribution in [0.15, 0.2) is 42.7 Å². The summed E-state index contributed by atoms with van der Waals surface area (Å²) in [5.41, 5.74) is 3.36. The maximum atomic E-state index is 14.9. The molecule has 0 bridgehead atoms. The SMILES string of the molecule is COc1cnc(-c2c(F)ccc(Cl)c2F)nc1Nc1cn(COCC[Si](C)(C)C)nc1-c1nc2cc(CN3CCOCC3)ccc2[nH]1. The zero-order chi connectivity index (χ0) is 33.1. The highest BCUT2D eigenvalue weighted by molar-refractivity contribution is 6.76. The Morgan fingerprint density at radius 2 is 1.91 bits per heavy atom. The number of hydrogen-bond donors (Lipinski definition) is 2. The summed E-state index contributed by atoms with van der Waals surface area (Å²) in [6, 6.07) is 9.40. The molecule has 1 saturated heterocycles. The number of rotatable bonds is 12. The van der Waals surface area contributed by atoms with Gasteiger partial charge in [-0.25, -0.2) is 28.4 Å². The molecule has 1 aliphatic rings. The third kappa shape index (κ3) is 7.79. The quantitative estimate of drug-likeness (QED) is 0.0842. The van der Waals surface area contributed by atoms with E-state index < -0.39 is 25.3 Å². The van der Waals surface area contributed by atoms with Crippen molar-refractivity contribution in [1.29, 1.82) is 0 Å². The Morgan fingerprint density at radius 1 is 1.11 bits per heavy atom. The Morgan fingerprint density at radius 3 is 2.68 bits per heavy atom. The number of halogens is 3. The topological polar surface area (TPSA) is 115 Å². The highest BCUT2D eigenvalue weighted by atomic mass is 35.5. The van der Waals surface area contributed by atoms with Crippen LogP contribution in [-0.4, -0.2) is 82.7 Å². The first-order valence-corrected chi connectivity index (χ1v) is 19.4. The zero-order valence-electron chi connectivity index (χ0n) is 26.7. The van der Waals surface area contributed by atoms with E-state index in [0.29, 0.717) is 23.8 Å². The van der Waals surface area contributed by atoms with Crippen LogP contribution < -0.4 is 10.1 Å². The number of imidazole rings is 1. The third-order valence-corrected chi connectivity index (χ3v) is 9.76. The van der Waals surface area contributed by atoms with Crippen molar-refractivity contribution in [2.75, 3.05) is 45.3 Å². The lowest BCUT2D eigenvalue weighted by Crippen LogP contribution is -2.35. The number of morpholine rings is 1. The van der Waals surface area contributed by atoms with Crippen LogP contribution in [0.2, 0.25) is 30.7 Å². The van der Waals surface area contributed by atoms with E-state index in [1.807, 2.05) is 6.07 Å². The predicted octanol–water partition coefficient (Wildman–Crippen LogP) is 6.71. The fourth-order valence-electron chi connectivity index (χ4n) is 5.16. The minimum absolute atomic E-state index is 0.167. The highest BCUT2D eigenvalue weighted by Crippen LogP contribution is 2.35. The molecule has 3 aromatic heterocycles. The molecular weight excluding hydrogens is 646 g/mol. The van der Waals surface area contributed by atoms with E-state index in [1.54, 1.807) is 10.9 Å². The van der Waals surface area contributed by atoms with Crippen LogP contribution in [0.25, 0.3) is 33.9 Å². The lowest BCUT2D eigenvalue weighted by molar-refractivity contribution is 0.0342. The number of aromatic amines is 1. The summed E-state index contributed by atoms with van der Waals surface area (Å²) in [6.45, 7) is 11.8. The number of hydrogen-bond acceptors (Lipinski definition) is 9. The summed E-state index contributed by atoms with van der Waals surface area (Å²) in [7, 11) is 0.173. The zero-order valence-corrected chi connectivity index (χ0v) is 28.5. The largest absolute Gasteiger partial charge is 0.491 e. The van der Waals surface area contributed by atoms with Crippen molar-refractivity contribution >= 4 is 42.2 Å². The monoisotopic (exact) mass is 682 g/mol. The molecule has 248 valence electrons. The second-order valence-electron chi connectivity index (χ2n) is 12.6. The Bertz CT molecular complexity index is 1870. The van der Waals surface area contributed by atoms with Gasteiger partial charge in [0, 0.05) is 34.3 Å². The second-order valence-corrected chi connectivity index (χ2v) is 18.6. The molecule has 47 heavy (non-hydrogen) atoms. The average Bonchev–Trinajstić information content (AvgIpc) is 3.65. The molecule has 2 N–H and O–H groups in total. The summed E-state index contributed by atoms with van der Waals surface area (Å²) in [4.78, 5) is 19.2. The van der Waals surface area contributed by atoms with Gasteiger partial charge in [0.05, 0.1) is 60.0 Å². The Kier molecular flexibility index (Phi) is 9.84. The van der Waals surface area contributed by atoms with Gasteiger partial charge in [0.1, 0.15) is 12.5 Å². The van der Waals surface area contributed by atoms with Crippen LogP contribution in [0.5, 0.6) is 5.75 Å². The molecule has 0 amide bonds. The molecule has 0 spiro atoms. The number of benzene rings is 2. The van der Waals surface area contributed by atoms with Gasteiger partial charge < -0.3 is 24.5 Å². The fraction of sp³-hybridized carbons (Fsp3) is 0.375. The number of anilines is 2. The minimum Gasteiger partial charge on any atom is -0.491 e. The fourth-order valence-corrected chi connectivity index (χ4v) is 6.07. The third-order valence-electron chi connectivity index (χ3n) is 7.76. The van der Waals surface area contributed by atoms with Crippen molar-refractivity contribution in [3.05, 3.63) is 64.9 Å². The summed E-state index contributed by atoms with van der Waals surface area (Å²) in [5, 5.41) is 7.79. The summed E-state index contributed by atoms with van der Waals surface area (Å²) < 4.78 is 48.3. The van der Waals surface area contributed by atoms with Gasteiger partial charge in [-0.1, -0.05) is 37.3 Å². The molecule has 1 aliphatic heterocycles. The lowest BCUT2D eigenvalue weighted by atomic mass is 10.2. The molecule has 2 aromatic carbocycles. The summed E-state index contributed by atoms with van der Waals surface area (Å²) >= 11 is 5.95. The molecule has 11 nitrogen and oxygen atoms in total. The van der Waals surface area contributed by atoms with Crippen molar-refractivity contribution < 1.29 is 23.0 Å². The predicted molar refractivity (Wildman–Crippen MR) is 180 cm³/mol. The molecule has 15 heteroatoms. The Hall–Kier alpha value is -3.95. The van der Waals surface area contributed by atoms with E-state index >= 15 is 0 Å². The number of methoxy groups -OCH3 is 1. The lowest BCUT2D eigenvalue weighted by Gasteiger charge is -2.26. The van der Waals surface area contributed by atoms with Gasteiger partial charge in [-0.15, -0.1) is 0 Å². The number of H-pyrrole nitrogens is 1. The molecule has 0 aliphatic carbocycles. The van der Waals surface area contributed by atoms with Gasteiger partial charge in [0.2, 0.25) is 0 Å². The summed E-state index contributed by atoms with van der Waals surface area (Å²) in [6.07, 6.45) is 3.11. The van der Waals surface area contributed by atoms with E-state index in [-0.39, 0.29) is 29.1 Å². The molecule has 1 fully saturated rings. The maximum absolute atomic E-state index is 14.9. The number of nitrogens with zero attached hydrogens (tertiary/aromatic N) is 6. The van der Waals surface area contributed by atoms with Crippen molar-refractivity contribution in [3.63, 3.8) is 0 Å². The summed E-state index contributed by atoms with van der Waals surface area (Å²) in [5.74, 6) is -1.07. The molecule has 0 atom stereocenters. The average molecular weight is 683 g/mol. The van der Waals surface area contributed by atoms with Crippen LogP contribution in [0, 0.1) is 11.6 Å². The second kappa shape index (κ2) is 14.0. The van der Waals surface area contributed by atoms with Gasteiger partial charge in [0.15, 0.2) is 34.7 Å². The number of aromatic nitrogens is 6. The van der Waals surface area contributed by atoms with Crippen molar-refractivity contribution in [3.8, 4) is 28.7 Å². The normalized spacial score (nSPS) is 14.2. The van der Waals surface area contributed by atoms with E-state index in [2.05, 4.69) is 56.9 Å². The van der Waals surface area contributed by atoms with Crippen molar-refractivity contribution in [2.24, 2.45) is 0 Å². The van der Waals surface area contributed by atoms with Gasteiger partial charge in [-0.3, -0.25) is 4.90 Å². The molecule has 0 saturated carbocycles. The van der Waals surface area contributed by atoms with Crippen LogP contribution in [0.3, 0.4) is 0 Å². The van der Waals surface area contributed by atoms with E-state index in [0.717, 1.165) is 67.6 Å². The van der Waals surface area contributed by atoms with E-state index in [9.17, 15) is 8.78 Å². The number of nitrogens with one attached hydrogen (secondary N) is 2. The van der Waals surface area contributed by atoms with Gasteiger partial charge in [-0.2, -0.15) is 5.10 Å². The van der Waals surface area contributed by atoms with Crippen molar-refractivity contribution in [2.45, 2.75) is 39.0 Å². The first-order chi connectivity index (χ1) is 22.6. The molecule has 4 heterocycles. The van der Waals surface area contributed by atoms with Crippen LogP contribution in [0.4, 0.5) is 20.3 Å². The van der Waals surface area contributed by atoms with Crippen molar-refractivity contribution in [1.82, 2.24) is 34.6 Å². The first kappa shape index (κ1) is 33.0. The minimum atomic E-state index is -1.28. The molecule has 0 unspecified atom stereocenters.